The van der Waals surface area contributed by atoms with Crippen LogP contribution in [0.5, 0.6) is 0 Å². The summed E-state index contributed by atoms with van der Waals surface area (Å²) in [6.45, 7) is 4.64. The van der Waals surface area contributed by atoms with Gasteiger partial charge in [0, 0.05) is 42.1 Å². The lowest BCUT2D eigenvalue weighted by Crippen LogP contribution is -2.22. The van der Waals surface area contributed by atoms with Crippen molar-refractivity contribution < 1.29 is 4.79 Å². The molecule has 1 amide bonds. The minimum atomic E-state index is 0.0355. The van der Waals surface area contributed by atoms with E-state index in [-0.39, 0.29) is 5.91 Å². The van der Waals surface area contributed by atoms with Gasteiger partial charge in [-0.25, -0.2) is 4.98 Å². The van der Waals surface area contributed by atoms with Crippen molar-refractivity contribution in [2.24, 2.45) is 0 Å². The molecule has 140 valence electrons. The molecular weight excluding hydrogens is 356 g/mol. The van der Waals surface area contributed by atoms with Gasteiger partial charge in [-0.2, -0.15) is 0 Å². The molecule has 0 radical (unpaired) electrons. The van der Waals surface area contributed by atoms with Crippen molar-refractivity contribution in [1.82, 2.24) is 19.8 Å². The van der Waals surface area contributed by atoms with Crippen LogP contribution in [0.4, 0.5) is 0 Å². The van der Waals surface area contributed by atoms with Gasteiger partial charge in [-0.1, -0.05) is 12.1 Å². The molecule has 1 aliphatic heterocycles. The summed E-state index contributed by atoms with van der Waals surface area (Å²) >= 11 is 1.63. The van der Waals surface area contributed by atoms with E-state index in [0.717, 1.165) is 30.1 Å². The predicted molar refractivity (Wildman–Crippen MR) is 108 cm³/mol. The zero-order chi connectivity index (χ0) is 18.6. The summed E-state index contributed by atoms with van der Waals surface area (Å²) in [5.74, 6) is 0.0355. The second kappa shape index (κ2) is 8.06. The van der Waals surface area contributed by atoms with E-state index in [0.29, 0.717) is 12.6 Å². The van der Waals surface area contributed by atoms with Gasteiger partial charge in [0.05, 0.1) is 11.2 Å². The third-order valence-corrected chi connectivity index (χ3v) is 6.19. The third-order valence-electron chi connectivity index (χ3n) is 5.00. The van der Waals surface area contributed by atoms with Gasteiger partial charge in [-0.05, 0) is 56.1 Å². The highest BCUT2D eigenvalue weighted by Gasteiger charge is 2.27. The molecule has 1 saturated heterocycles. The molecule has 5 nitrogen and oxygen atoms in total. The van der Waals surface area contributed by atoms with E-state index in [1.807, 2.05) is 30.1 Å². The van der Waals surface area contributed by atoms with Crippen LogP contribution in [0.1, 0.15) is 45.9 Å². The fourth-order valence-corrected chi connectivity index (χ4v) is 4.75. The first-order valence-electron chi connectivity index (χ1n) is 9.44. The van der Waals surface area contributed by atoms with Crippen LogP contribution in [0.25, 0.3) is 5.69 Å². The smallest absolute Gasteiger partial charge is 0.261 e. The minimum Gasteiger partial charge on any atom is -0.352 e. The van der Waals surface area contributed by atoms with Crippen LogP contribution in [-0.2, 0) is 6.54 Å². The molecule has 1 N–H and O–H groups in total. The summed E-state index contributed by atoms with van der Waals surface area (Å²) in [6.07, 6.45) is 7.91. The largest absolute Gasteiger partial charge is 0.352 e. The first-order valence-corrected chi connectivity index (χ1v) is 10.3. The van der Waals surface area contributed by atoms with Crippen LogP contribution in [0.3, 0.4) is 0 Å². The van der Waals surface area contributed by atoms with Gasteiger partial charge in [0.25, 0.3) is 5.91 Å². The fourth-order valence-electron chi connectivity index (χ4n) is 3.66. The first kappa shape index (κ1) is 17.9. The Labute approximate surface area is 163 Å². The summed E-state index contributed by atoms with van der Waals surface area (Å²) in [6, 6.07) is 13.2. The zero-order valence-electron chi connectivity index (χ0n) is 15.5. The second-order valence-corrected chi connectivity index (χ2v) is 7.94. The molecule has 0 bridgehead atoms. The lowest BCUT2D eigenvalue weighted by Gasteiger charge is -2.23. The van der Waals surface area contributed by atoms with Gasteiger partial charge in [0.15, 0.2) is 0 Å². The number of carbonyl (C=O) groups is 1. The van der Waals surface area contributed by atoms with Crippen LogP contribution < -0.4 is 5.32 Å². The van der Waals surface area contributed by atoms with Crippen molar-refractivity contribution in [2.45, 2.75) is 32.4 Å². The number of hydrogen-bond acceptors (Lipinski definition) is 4. The lowest BCUT2D eigenvalue weighted by molar-refractivity contribution is 0.0960. The summed E-state index contributed by atoms with van der Waals surface area (Å²) < 4.78 is 2.01. The van der Waals surface area contributed by atoms with Gasteiger partial charge in [0.2, 0.25) is 0 Å². The van der Waals surface area contributed by atoms with E-state index < -0.39 is 0 Å². The number of benzene rings is 1. The third kappa shape index (κ3) is 3.96. The summed E-state index contributed by atoms with van der Waals surface area (Å²) in [5.41, 5.74) is 2.44. The maximum Gasteiger partial charge on any atom is 0.261 e. The number of hydrogen-bond donors (Lipinski definition) is 1. The Morgan fingerprint density at radius 3 is 2.85 bits per heavy atom. The number of nitrogens with zero attached hydrogens (tertiary/aromatic N) is 3. The van der Waals surface area contributed by atoms with Crippen molar-refractivity contribution in [1.29, 1.82) is 0 Å². The predicted octanol–water partition coefficient (Wildman–Crippen LogP) is 4.02. The normalized spacial score (nSPS) is 17.3. The SMILES string of the molecule is CCNC(=O)c1ccc([C@@H]2CCCN2Cc2ccc(-n3ccnc3)cc2)s1. The summed E-state index contributed by atoms with van der Waals surface area (Å²) in [4.78, 5) is 20.8. The average Bonchev–Trinajstić information content (AvgIpc) is 3.44. The van der Waals surface area contributed by atoms with Gasteiger partial charge < -0.3 is 9.88 Å². The van der Waals surface area contributed by atoms with Crippen molar-refractivity contribution >= 4 is 17.2 Å². The van der Waals surface area contributed by atoms with E-state index in [1.165, 1.54) is 16.9 Å². The minimum absolute atomic E-state index is 0.0355. The molecule has 1 aromatic carbocycles. The Kier molecular flexibility index (Phi) is 5.36. The number of carbonyl (C=O) groups excluding carboxylic acids is 1. The number of likely N-dealkylation sites (tertiary alicyclic amines) is 1. The van der Waals surface area contributed by atoms with Crippen LogP contribution in [-0.4, -0.2) is 33.4 Å². The number of thiophene rings is 1. The van der Waals surface area contributed by atoms with Crippen LogP contribution in [0.15, 0.2) is 55.1 Å². The second-order valence-electron chi connectivity index (χ2n) is 6.83. The maximum atomic E-state index is 12.1. The molecular formula is C21H24N4OS. The Morgan fingerprint density at radius 1 is 1.26 bits per heavy atom. The number of aromatic nitrogens is 2. The molecule has 0 unspecified atom stereocenters. The average molecular weight is 381 g/mol. The molecule has 1 fully saturated rings. The van der Waals surface area contributed by atoms with E-state index in [4.69, 9.17) is 0 Å². The molecule has 1 aliphatic rings. The Bertz CT molecular complexity index is 885. The topological polar surface area (TPSA) is 50.2 Å². The zero-order valence-corrected chi connectivity index (χ0v) is 16.3. The molecule has 1 atom stereocenters. The Hall–Kier alpha value is -2.44. The standard InChI is InChI=1S/C21H24N4OS/c1-2-23-21(26)20-10-9-19(27-20)18-4-3-12-24(18)14-16-5-7-17(8-6-16)25-13-11-22-15-25/h5-11,13,15,18H,2-4,12,14H2,1H3,(H,23,26)/t18-/m0/s1. The Morgan fingerprint density at radius 2 is 2.11 bits per heavy atom. The molecule has 3 aromatic rings. The van der Waals surface area contributed by atoms with Crippen molar-refractivity contribution in [3.05, 3.63) is 70.4 Å². The lowest BCUT2D eigenvalue weighted by atomic mass is 10.1. The fraction of sp³-hybridized carbons (Fsp3) is 0.333. The van der Waals surface area contributed by atoms with Crippen LogP contribution >= 0.6 is 11.3 Å². The number of imidazole rings is 1. The summed E-state index contributed by atoms with van der Waals surface area (Å²) in [5, 5.41) is 2.89. The van der Waals surface area contributed by atoms with E-state index in [2.05, 4.69) is 45.5 Å². The number of rotatable bonds is 6. The monoisotopic (exact) mass is 380 g/mol. The van der Waals surface area contributed by atoms with Crippen molar-refractivity contribution in [3.8, 4) is 5.69 Å². The molecule has 6 heteroatoms. The van der Waals surface area contributed by atoms with E-state index >= 15 is 0 Å². The van der Waals surface area contributed by atoms with Gasteiger partial charge in [-0.3, -0.25) is 9.69 Å². The van der Waals surface area contributed by atoms with Gasteiger partial charge >= 0.3 is 0 Å². The van der Waals surface area contributed by atoms with E-state index in [9.17, 15) is 4.79 Å². The number of nitrogens with one attached hydrogen (secondary N) is 1. The van der Waals surface area contributed by atoms with Crippen LogP contribution in [0.2, 0.25) is 0 Å². The molecule has 2 aromatic heterocycles. The first-order chi connectivity index (χ1) is 13.2. The maximum absolute atomic E-state index is 12.1. The summed E-state index contributed by atoms with van der Waals surface area (Å²) in [7, 11) is 0. The van der Waals surface area contributed by atoms with Crippen molar-refractivity contribution in [3.63, 3.8) is 0 Å². The van der Waals surface area contributed by atoms with E-state index in [1.54, 1.807) is 17.5 Å². The Balaban J connectivity index is 1.45. The van der Waals surface area contributed by atoms with Gasteiger partial charge in [-0.15, -0.1) is 11.3 Å². The van der Waals surface area contributed by atoms with Crippen LogP contribution in [0, 0.1) is 0 Å². The van der Waals surface area contributed by atoms with Crippen molar-refractivity contribution in [2.75, 3.05) is 13.1 Å². The molecule has 0 spiro atoms. The highest BCUT2D eigenvalue weighted by atomic mass is 32.1. The quantitative estimate of drug-likeness (QED) is 0.703. The molecule has 3 heterocycles. The number of amides is 1. The highest BCUT2D eigenvalue weighted by molar-refractivity contribution is 7.14. The molecule has 4 rings (SSSR count). The van der Waals surface area contributed by atoms with Gasteiger partial charge in [0.1, 0.15) is 0 Å². The molecule has 27 heavy (non-hydrogen) atoms. The molecule has 0 saturated carbocycles. The highest BCUT2D eigenvalue weighted by Crippen LogP contribution is 2.36. The molecule has 0 aliphatic carbocycles.